The molecule has 0 radical (unpaired) electrons. The Morgan fingerprint density at radius 3 is 2.09 bits per heavy atom. The van der Waals surface area contributed by atoms with Crippen LogP contribution in [0.2, 0.25) is 0 Å². The molecule has 3 rings (SSSR count). The number of rotatable bonds is 3. The SMILES string of the molecule is CC1(C)OB(c2ccc(C(S)c3ccccn3)cc2)OC1(C)C. The predicted octanol–water partition coefficient (Wildman–Crippen LogP) is 3.40. The van der Waals surface area contributed by atoms with Gasteiger partial charge in [0, 0.05) is 6.20 Å². The van der Waals surface area contributed by atoms with Crippen LogP contribution in [0.5, 0.6) is 0 Å². The molecule has 0 amide bonds. The topological polar surface area (TPSA) is 31.4 Å². The summed E-state index contributed by atoms with van der Waals surface area (Å²) in [4.78, 5) is 4.37. The molecule has 0 bridgehead atoms. The van der Waals surface area contributed by atoms with Crippen LogP contribution >= 0.6 is 12.6 Å². The van der Waals surface area contributed by atoms with Crippen molar-refractivity contribution in [1.82, 2.24) is 4.98 Å². The van der Waals surface area contributed by atoms with Crippen molar-refractivity contribution in [1.29, 1.82) is 0 Å². The van der Waals surface area contributed by atoms with Crippen molar-refractivity contribution in [3.63, 3.8) is 0 Å². The molecule has 1 fully saturated rings. The zero-order valence-electron chi connectivity index (χ0n) is 14.0. The molecule has 2 heterocycles. The van der Waals surface area contributed by atoms with E-state index in [2.05, 4.69) is 57.4 Å². The van der Waals surface area contributed by atoms with E-state index in [9.17, 15) is 0 Å². The molecule has 2 aromatic rings. The average molecular weight is 327 g/mol. The van der Waals surface area contributed by atoms with E-state index in [1.165, 1.54) is 0 Å². The van der Waals surface area contributed by atoms with Crippen LogP contribution in [0.15, 0.2) is 48.7 Å². The van der Waals surface area contributed by atoms with Crippen molar-refractivity contribution < 1.29 is 9.31 Å². The lowest BCUT2D eigenvalue weighted by atomic mass is 9.78. The Balaban J connectivity index is 1.78. The summed E-state index contributed by atoms with van der Waals surface area (Å²) < 4.78 is 12.2. The molecule has 5 heteroatoms. The van der Waals surface area contributed by atoms with Gasteiger partial charge in [-0.15, -0.1) is 0 Å². The Labute approximate surface area is 144 Å². The summed E-state index contributed by atoms with van der Waals surface area (Å²) in [5.41, 5.74) is 2.42. The van der Waals surface area contributed by atoms with Gasteiger partial charge in [-0.05, 0) is 50.9 Å². The first-order chi connectivity index (χ1) is 10.8. The van der Waals surface area contributed by atoms with Crippen molar-refractivity contribution in [2.75, 3.05) is 0 Å². The molecule has 120 valence electrons. The zero-order chi connectivity index (χ0) is 16.7. The minimum absolute atomic E-state index is 0.0384. The summed E-state index contributed by atoms with van der Waals surface area (Å²) in [5.74, 6) is 0. The maximum Gasteiger partial charge on any atom is 0.494 e. The summed E-state index contributed by atoms with van der Waals surface area (Å²) in [6.45, 7) is 8.25. The van der Waals surface area contributed by atoms with Crippen molar-refractivity contribution in [2.24, 2.45) is 0 Å². The normalized spacial score (nSPS) is 20.5. The summed E-state index contributed by atoms with van der Waals surface area (Å²) in [7, 11) is -0.331. The smallest absolute Gasteiger partial charge is 0.399 e. The fourth-order valence-electron chi connectivity index (χ4n) is 2.52. The molecular formula is C18H22BNO2S. The highest BCUT2D eigenvalue weighted by molar-refractivity contribution is 7.80. The summed E-state index contributed by atoms with van der Waals surface area (Å²) in [6.07, 6.45) is 1.79. The van der Waals surface area contributed by atoms with E-state index in [-0.39, 0.29) is 23.6 Å². The van der Waals surface area contributed by atoms with Crippen LogP contribution in [0.1, 0.15) is 44.2 Å². The number of hydrogen-bond donors (Lipinski definition) is 1. The second kappa shape index (κ2) is 5.97. The Morgan fingerprint density at radius 2 is 1.57 bits per heavy atom. The molecule has 3 nitrogen and oxygen atoms in total. The highest BCUT2D eigenvalue weighted by Crippen LogP contribution is 2.36. The van der Waals surface area contributed by atoms with E-state index in [0.29, 0.717) is 0 Å². The Morgan fingerprint density at radius 1 is 0.957 bits per heavy atom. The second-order valence-electron chi connectivity index (χ2n) is 6.91. The van der Waals surface area contributed by atoms with Crippen molar-refractivity contribution in [2.45, 2.75) is 44.1 Å². The molecule has 1 aliphatic heterocycles. The molecule has 1 atom stereocenters. The third-order valence-electron chi connectivity index (χ3n) is 4.75. The van der Waals surface area contributed by atoms with Gasteiger partial charge in [0.1, 0.15) is 0 Å². The van der Waals surface area contributed by atoms with Crippen molar-refractivity contribution >= 4 is 25.2 Å². The van der Waals surface area contributed by atoms with E-state index < -0.39 is 0 Å². The lowest BCUT2D eigenvalue weighted by Crippen LogP contribution is -2.41. The summed E-state index contributed by atoms with van der Waals surface area (Å²) in [6, 6.07) is 14.1. The van der Waals surface area contributed by atoms with Crippen LogP contribution in [0.3, 0.4) is 0 Å². The number of nitrogens with zero attached hydrogens (tertiary/aromatic N) is 1. The molecule has 1 unspecified atom stereocenters. The first kappa shape index (κ1) is 16.6. The lowest BCUT2D eigenvalue weighted by molar-refractivity contribution is 0.00578. The monoisotopic (exact) mass is 327 g/mol. The van der Waals surface area contributed by atoms with Crippen LogP contribution in [0.25, 0.3) is 0 Å². The number of hydrogen-bond acceptors (Lipinski definition) is 4. The van der Waals surface area contributed by atoms with Crippen LogP contribution in [0.4, 0.5) is 0 Å². The van der Waals surface area contributed by atoms with Gasteiger partial charge < -0.3 is 9.31 Å². The third kappa shape index (κ3) is 3.18. The fourth-order valence-corrected chi connectivity index (χ4v) is 2.85. The molecule has 0 spiro atoms. The minimum Gasteiger partial charge on any atom is -0.399 e. The van der Waals surface area contributed by atoms with Crippen LogP contribution < -0.4 is 5.46 Å². The maximum absolute atomic E-state index is 6.08. The van der Waals surface area contributed by atoms with Crippen molar-refractivity contribution in [3.8, 4) is 0 Å². The summed E-state index contributed by atoms with van der Waals surface area (Å²) >= 11 is 4.68. The average Bonchev–Trinajstić information content (AvgIpc) is 2.76. The second-order valence-corrected chi connectivity index (χ2v) is 7.43. The van der Waals surface area contributed by atoms with Gasteiger partial charge in [-0.25, -0.2) is 0 Å². The zero-order valence-corrected chi connectivity index (χ0v) is 14.9. The molecule has 1 aromatic heterocycles. The van der Waals surface area contributed by atoms with Gasteiger partial charge in [0.15, 0.2) is 0 Å². The first-order valence-electron chi connectivity index (χ1n) is 7.85. The van der Waals surface area contributed by atoms with E-state index in [0.717, 1.165) is 16.7 Å². The first-order valence-corrected chi connectivity index (χ1v) is 8.36. The van der Waals surface area contributed by atoms with Crippen LogP contribution in [-0.4, -0.2) is 23.3 Å². The molecule has 1 aliphatic rings. The number of pyridine rings is 1. The Bertz CT molecular complexity index is 657. The van der Waals surface area contributed by atoms with Gasteiger partial charge in [-0.3, -0.25) is 4.98 Å². The highest BCUT2D eigenvalue weighted by atomic mass is 32.1. The van der Waals surface area contributed by atoms with Gasteiger partial charge in [0.2, 0.25) is 0 Å². The van der Waals surface area contributed by atoms with Gasteiger partial charge >= 0.3 is 7.12 Å². The van der Waals surface area contributed by atoms with Crippen LogP contribution in [-0.2, 0) is 9.31 Å². The third-order valence-corrected chi connectivity index (χ3v) is 5.31. The molecule has 0 aliphatic carbocycles. The standard InChI is InChI=1S/C18H22BNO2S/c1-17(2)18(3,4)22-19(21-17)14-10-8-13(9-11-14)16(23)15-7-5-6-12-20-15/h5-12,16,23H,1-4H3. The van der Waals surface area contributed by atoms with E-state index >= 15 is 0 Å². The number of aromatic nitrogens is 1. The maximum atomic E-state index is 6.08. The fraction of sp³-hybridized carbons (Fsp3) is 0.389. The Hall–Kier alpha value is -1.30. The summed E-state index contributed by atoms with van der Waals surface area (Å²) in [5, 5.41) is -0.0384. The molecule has 0 N–H and O–H groups in total. The largest absolute Gasteiger partial charge is 0.494 e. The number of benzene rings is 1. The Kier molecular flexibility index (Phi) is 4.30. The van der Waals surface area contributed by atoms with E-state index in [1.807, 2.05) is 30.3 Å². The van der Waals surface area contributed by atoms with Gasteiger partial charge in [0.25, 0.3) is 0 Å². The van der Waals surface area contributed by atoms with Gasteiger partial charge in [-0.1, -0.05) is 30.3 Å². The van der Waals surface area contributed by atoms with Gasteiger partial charge in [0.05, 0.1) is 22.1 Å². The van der Waals surface area contributed by atoms with E-state index in [4.69, 9.17) is 9.31 Å². The van der Waals surface area contributed by atoms with E-state index in [1.54, 1.807) is 6.20 Å². The van der Waals surface area contributed by atoms with Gasteiger partial charge in [-0.2, -0.15) is 12.6 Å². The predicted molar refractivity (Wildman–Crippen MR) is 97.2 cm³/mol. The molecule has 1 saturated heterocycles. The quantitative estimate of drug-likeness (QED) is 0.692. The molecule has 0 saturated carbocycles. The van der Waals surface area contributed by atoms with Crippen LogP contribution in [0, 0.1) is 0 Å². The molecule has 23 heavy (non-hydrogen) atoms. The molecular weight excluding hydrogens is 305 g/mol. The highest BCUT2D eigenvalue weighted by Gasteiger charge is 2.51. The minimum atomic E-state index is -0.331. The van der Waals surface area contributed by atoms with Crippen molar-refractivity contribution in [3.05, 3.63) is 59.9 Å². The lowest BCUT2D eigenvalue weighted by Gasteiger charge is -2.32. The number of thiol groups is 1. The molecule has 1 aromatic carbocycles.